The summed E-state index contributed by atoms with van der Waals surface area (Å²) in [5.41, 5.74) is 13.5. The van der Waals surface area contributed by atoms with Crippen molar-refractivity contribution in [3.05, 3.63) is 6.92 Å². The Balaban J connectivity index is -0.0000000453. The van der Waals surface area contributed by atoms with Crippen LogP contribution in [0.15, 0.2) is 0 Å². The zero-order valence-electron chi connectivity index (χ0n) is 8.97. The van der Waals surface area contributed by atoms with Gasteiger partial charge in [0.1, 0.15) is 0 Å². The molecule has 0 aromatic heterocycles. The second kappa shape index (κ2) is 71.2. The zero-order chi connectivity index (χ0) is 10.8. The maximum Gasteiger partial charge on any atom is 0.0466 e. The lowest BCUT2D eigenvalue weighted by molar-refractivity contribution is 0.161. The third kappa shape index (κ3) is 95.3. The van der Waals surface area contributed by atoms with Crippen LogP contribution in [0.25, 0.3) is 0 Å². The van der Waals surface area contributed by atoms with E-state index in [4.69, 9.17) is 4.74 Å². The Bertz CT molecular complexity index is 26.3. The largest absolute Gasteiger partial charge is 0.381 e. The molecule has 0 fully saturated rings. The van der Waals surface area contributed by atoms with E-state index in [-0.39, 0.29) is 0 Å². The van der Waals surface area contributed by atoms with Crippen LogP contribution in [-0.2, 0) is 4.74 Å². The van der Waals surface area contributed by atoms with Crippen molar-refractivity contribution in [2.45, 2.75) is 13.3 Å². The summed E-state index contributed by atoms with van der Waals surface area (Å²) in [7, 11) is 4.50. The lowest BCUT2D eigenvalue weighted by atomic mass is 10.5. The summed E-state index contributed by atoms with van der Waals surface area (Å²) in [6.07, 6.45) is 1.09. The van der Waals surface area contributed by atoms with Crippen molar-refractivity contribution in [3.8, 4) is 0 Å². The smallest absolute Gasteiger partial charge is 0.0466 e. The van der Waals surface area contributed by atoms with Gasteiger partial charge in [0.05, 0.1) is 0 Å². The third-order valence-corrected chi connectivity index (χ3v) is 0.493. The number of hydrogen-bond acceptors (Lipinski definition) is 4. The summed E-state index contributed by atoms with van der Waals surface area (Å²) in [5.74, 6) is 0. The monoisotopic (exact) mass is 180 g/mol. The van der Waals surface area contributed by atoms with Crippen molar-refractivity contribution in [3.63, 3.8) is 0 Å². The van der Waals surface area contributed by atoms with Gasteiger partial charge in [0.25, 0.3) is 0 Å². The first kappa shape index (κ1) is 22.6. The first-order valence-electron chi connectivity index (χ1n) is 4.02. The van der Waals surface area contributed by atoms with E-state index in [1.807, 2.05) is 0 Å². The Hall–Kier alpha value is -0.160. The molecule has 0 aromatic carbocycles. The van der Waals surface area contributed by atoms with Crippen molar-refractivity contribution >= 4 is 0 Å². The lowest BCUT2D eigenvalue weighted by Crippen LogP contribution is -1.89. The lowest BCUT2D eigenvalue weighted by Gasteiger charge is -1.91. The van der Waals surface area contributed by atoms with Gasteiger partial charge >= 0.3 is 0 Å². The molecule has 0 rings (SSSR count). The predicted octanol–water partition coefficient (Wildman–Crippen LogP) is -0.0282. The van der Waals surface area contributed by atoms with Crippen molar-refractivity contribution in [2.75, 3.05) is 34.4 Å². The molecular weight excluding hydrogens is 154 g/mol. The summed E-state index contributed by atoms with van der Waals surface area (Å²) in [5, 5.41) is 0. The minimum absolute atomic E-state index is 0.605. The van der Waals surface area contributed by atoms with E-state index >= 15 is 0 Å². The van der Waals surface area contributed by atoms with Gasteiger partial charge in [-0.15, -0.1) is 0 Å². The highest BCUT2D eigenvalue weighted by atomic mass is 16.5. The summed E-state index contributed by atoms with van der Waals surface area (Å²) in [6, 6.07) is 0. The van der Waals surface area contributed by atoms with Crippen molar-refractivity contribution in [1.82, 2.24) is 0 Å². The van der Waals surface area contributed by atoms with Gasteiger partial charge in [-0.05, 0) is 34.5 Å². The Morgan fingerprint density at radius 2 is 1.33 bits per heavy atom. The molecule has 79 valence electrons. The molecule has 6 N–H and O–H groups in total. The van der Waals surface area contributed by atoms with Crippen LogP contribution in [0.4, 0.5) is 0 Å². The van der Waals surface area contributed by atoms with E-state index in [1.165, 1.54) is 21.1 Å². The van der Waals surface area contributed by atoms with Crippen molar-refractivity contribution in [2.24, 2.45) is 17.2 Å². The Kier molecular flexibility index (Phi) is 134. The molecule has 0 aliphatic heterocycles. The quantitative estimate of drug-likeness (QED) is 0.532. The minimum atomic E-state index is 0.605. The first-order valence-corrected chi connectivity index (χ1v) is 4.02. The Morgan fingerprint density at radius 3 is 1.42 bits per heavy atom. The second-order valence-electron chi connectivity index (χ2n) is 1.11. The van der Waals surface area contributed by atoms with Crippen LogP contribution in [0.5, 0.6) is 0 Å². The van der Waals surface area contributed by atoms with Crippen LogP contribution in [-0.4, -0.2) is 34.4 Å². The van der Waals surface area contributed by atoms with Crippen molar-refractivity contribution < 1.29 is 4.74 Å². The van der Waals surface area contributed by atoms with E-state index in [1.54, 1.807) is 0 Å². The summed E-state index contributed by atoms with van der Waals surface area (Å²) in [4.78, 5) is 0. The predicted molar refractivity (Wildman–Crippen MR) is 56.8 cm³/mol. The minimum Gasteiger partial charge on any atom is -0.381 e. The molecule has 0 unspecified atom stereocenters. The first-order chi connectivity index (χ1) is 5.91. The van der Waals surface area contributed by atoms with E-state index in [9.17, 15) is 0 Å². The number of nitrogens with two attached hydrogens (primary N) is 3. The maximum atomic E-state index is 4.87. The summed E-state index contributed by atoms with van der Waals surface area (Å²) in [6.45, 7) is 7.04. The molecule has 0 heterocycles. The van der Waals surface area contributed by atoms with E-state index in [0.29, 0.717) is 6.61 Å². The molecule has 0 amide bonds. The van der Waals surface area contributed by atoms with E-state index < -0.39 is 0 Å². The number of ether oxygens (including phenoxy) is 1. The van der Waals surface area contributed by atoms with Gasteiger partial charge in [-0.25, -0.2) is 0 Å². The molecule has 12 heavy (non-hydrogen) atoms. The van der Waals surface area contributed by atoms with Gasteiger partial charge < -0.3 is 21.9 Å². The molecule has 0 spiro atoms. The highest BCUT2D eigenvalue weighted by Crippen LogP contribution is 1.75. The molecular formula is C8H26N3O. The molecule has 4 heteroatoms. The van der Waals surface area contributed by atoms with Gasteiger partial charge in [0, 0.05) is 13.2 Å². The van der Waals surface area contributed by atoms with Gasteiger partial charge in [-0.3, -0.25) is 0 Å². The molecule has 0 atom stereocenters. The van der Waals surface area contributed by atoms with Crippen molar-refractivity contribution in [1.29, 1.82) is 0 Å². The van der Waals surface area contributed by atoms with Gasteiger partial charge in [-0.2, -0.15) is 0 Å². The van der Waals surface area contributed by atoms with E-state index in [2.05, 4.69) is 31.0 Å². The third-order valence-electron chi connectivity index (χ3n) is 0.493. The normalized spacial score (nSPS) is 6.00. The molecule has 0 saturated carbocycles. The fraction of sp³-hybridized carbons (Fsp3) is 0.875. The highest BCUT2D eigenvalue weighted by Gasteiger charge is 1.72. The average molecular weight is 180 g/mol. The van der Waals surface area contributed by atoms with Gasteiger partial charge in [0.2, 0.25) is 0 Å². The zero-order valence-corrected chi connectivity index (χ0v) is 8.97. The Labute approximate surface area is 77.4 Å². The number of rotatable bonds is 3. The fourth-order valence-corrected chi connectivity index (χ4v) is 0.246. The molecule has 0 saturated heterocycles. The second-order valence-corrected chi connectivity index (χ2v) is 1.11. The summed E-state index contributed by atoms with van der Waals surface area (Å²) >= 11 is 0. The van der Waals surface area contributed by atoms with E-state index in [0.717, 1.165) is 13.0 Å². The standard InChI is InChI=1S/C5H11O.3CH5N/c1-3-5-6-4-2;3*1-2/h2-5H2,1H3;3*2H2,1H3. The average Bonchev–Trinajstić information content (AvgIpc) is 2.24. The molecule has 0 aliphatic rings. The molecule has 1 radical (unpaired) electrons. The van der Waals surface area contributed by atoms with Crippen LogP contribution in [0.3, 0.4) is 0 Å². The molecule has 0 aliphatic carbocycles. The summed E-state index contributed by atoms with van der Waals surface area (Å²) < 4.78 is 4.87. The highest BCUT2D eigenvalue weighted by molar-refractivity contribution is 4.28. The SMILES string of the molecule is CN.CN.CN.[CH2]COCCC. The number of hydrogen-bond donors (Lipinski definition) is 3. The topological polar surface area (TPSA) is 87.3 Å². The van der Waals surface area contributed by atoms with Crippen LogP contribution in [0.2, 0.25) is 0 Å². The molecule has 0 aromatic rings. The molecule has 0 bridgehead atoms. The van der Waals surface area contributed by atoms with Crippen LogP contribution < -0.4 is 17.2 Å². The van der Waals surface area contributed by atoms with Gasteiger partial charge in [0.15, 0.2) is 0 Å². The van der Waals surface area contributed by atoms with Crippen LogP contribution >= 0.6 is 0 Å². The van der Waals surface area contributed by atoms with Gasteiger partial charge in [-0.1, -0.05) is 6.92 Å². The van der Waals surface area contributed by atoms with Crippen LogP contribution in [0, 0.1) is 6.92 Å². The maximum absolute atomic E-state index is 4.87. The molecule has 4 nitrogen and oxygen atoms in total. The fourth-order valence-electron chi connectivity index (χ4n) is 0.246. The van der Waals surface area contributed by atoms with Crippen LogP contribution in [0.1, 0.15) is 13.3 Å². The Morgan fingerprint density at radius 1 is 1.00 bits per heavy atom.